The Morgan fingerprint density at radius 1 is 1.30 bits per heavy atom. The lowest BCUT2D eigenvalue weighted by atomic mass is 9.85. The Morgan fingerprint density at radius 3 is 2.74 bits per heavy atom. The maximum atomic E-state index is 11.3. The van der Waals surface area contributed by atoms with Gasteiger partial charge in [0, 0.05) is 24.2 Å². The highest BCUT2D eigenvalue weighted by Gasteiger charge is 2.25. The van der Waals surface area contributed by atoms with Gasteiger partial charge in [-0.25, -0.2) is 0 Å². The minimum atomic E-state index is -0.0737. The van der Waals surface area contributed by atoms with E-state index in [4.69, 9.17) is 4.42 Å². The van der Waals surface area contributed by atoms with E-state index in [0.717, 1.165) is 41.2 Å². The molecule has 0 atom stereocenters. The van der Waals surface area contributed by atoms with E-state index in [2.05, 4.69) is 20.8 Å². The zero-order valence-corrected chi connectivity index (χ0v) is 13.8. The highest BCUT2D eigenvalue weighted by Crippen LogP contribution is 2.35. The van der Waals surface area contributed by atoms with Crippen molar-refractivity contribution in [1.29, 1.82) is 0 Å². The van der Waals surface area contributed by atoms with Gasteiger partial charge in [-0.15, -0.1) is 10.2 Å². The van der Waals surface area contributed by atoms with E-state index < -0.39 is 0 Å². The number of anilines is 2. The lowest BCUT2D eigenvalue weighted by Crippen LogP contribution is -2.10. The maximum absolute atomic E-state index is 11.3. The molecule has 6 heteroatoms. The molecule has 3 rings (SSSR count). The van der Waals surface area contributed by atoms with Crippen LogP contribution < -0.4 is 10.6 Å². The Hall–Kier alpha value is -2.37. The molecule has 2 N–H and O–H groups in total. The van der Waals surface area contributed by atoms with Crippen molar-refractivity contribution < 1.29 is 9.21 Å². The molecule has 0 radical (unpaired) electrons. The van der Waals surface area contributed by atoms with Crippen molar-refractivity contribution >= 4 is 17.3 Å². The van der Waals surface area contributed by atoms with Crippen molar-refractivity contribution in [1.82, 2.24) is 10.2 Å². The number of hydrogen-bond acceptors (Lipinski definition) is 5. The van der Waals surface area contributed by atoms with Crippen LogP contribution in [0.4, 0.5) is 11.4 Å². The van der Waals surface area contributed by atoms with E-state index in [0.29, 0.717) is 18.4 Å². The van der Waals surface area contributed by atoms with E-state index in [1.807, 2.05) is 26.0 Å². The molecular weight excluding hydrogens is 292 g/mol. The first-order valence-corrected chi connectivity index (χ1v) is 7.98. The predicted molar refractivity (Wildman–Crippen MR) is 88.4 cm³/mol. The second-order valence-electron chi connectivity index (χ2n) is 6.13. The summed E-state index contributed by atoms with van der Waals surface area (Å²) in [6, 6.07) is 3.98. The minimum absolute atomic E-state index is 0.0737. The van der Waals surface area contributed by atoms with Gasteiger partial charge in [0.2, 0.25) is 17.7 Å². The van der Waals surface area contributed by atoms with Crippen LogP contribution in [-0.2, 0) is 11.3 Å². The van der Waals surface area contributed by atoms with E-state index >= 15 is 0 Å². The second-order valence-corrected chi connectivity index (χ2v) is 6.13. The van der Waals surface area contributed by atoms with Crippen LogP contribution in [0.2, 0.25) is 0 Å². The fourth-order valence-corrected chi connectivity index (χ4v) is 2.74. The maximum Gasteiger partial charge on any atom is 0.235 e. The molecule has 6 nitrogen and oxygen atoms in total. The molecular formula is C17H22N4O2. The number of aryl methyl sites for hydroxylation is 1. The largest absolute Gasteiger partial charge is 0.423 e. The van der Waals surface area contributed by atoms with Gasteiger partial charge in [0.05, 0.1) is 6.54 Å². The molecule has 1 aliphatic rings. The summed E-state index contributed by atoms with van der Waals surface area (Å²) in [6.07, 6.45) is 3.54. The van der Waals surface area contributed by atoms with Crippen LogP contribution in [-0.4, -0.2) is 16.1 Å². The number of carbonyl (C=O) groups excluding carboxylic acids is 1. The first kappa shape index (κ1) is 15.5. The van der Waals surface area contributed by atoms with Gasteiger partial charge in [-0.2, -0.15) is 0 Å². The molecule has 1 amide bonds. The number of rotatable bonds is 5. The monoisotopic (exact) mass is 314 g/mol. The molecule has 2 aromatic rings. The van der Waals surface area contributed by atoms with Crippen LogP contribution in [0.5, 0.6) is 0 Å². The predicted octanol–water partition coefficient (Wildman–Crippen LogP) is 3.52. The van der Waals surface area contributed by atoms with Crippen LogP contribution in [0.3, 0.4) is 0 Å². The third-order valence-electron chi connectivity index (χ3n) is 4.34. The van der Waals surface area contributed by atoms with Gasteiger partial charge in [-0.1, -0.05) is 12.5 Å². The van der Waals surface area contributed by atoms with Crippen molar-refractivity contribution in [3.05, 3.63) is 35.0 Å². The molecule has 23 heavy (non-hydrogen) atoms. The molecule has 0 bridgehead atoms. The summed E-state index contributed by atoms with van der Waals surface area (Å²) < 4.78 is 5.71. The number of benzene rings is 1. The molecule has 1 aromatic heterocycles. The van der Waals surface area contributed by atoms with Crippen molar-refractivity contribution in [2.45, 2.75) is 52.5 Å². The van der Waals surface area contributed by atoms with E-state index in [-0.39, 0.29) is 5.91 Å². The lowest BCUT2D eigenvalue weighted by Gasteiger charge is -2.20. The Labute approximate surface area is 135 Å². The second kappa shape index (κ2) is 6.40. The number of carbonyl (C=O) groups is 1. The van der Waals surface area contributed by atoms with Crippen LogP contribution in [0, 0.1) is 13.8 Å². The van der Waals surface area contributed by atoms with Crippen LogP contribution in [0.25, 0.3) is 0 Å². The quantitative estimate of drug-likeness (QED) is 0.882. The molecule has 0 spiro atoms. The van der Waals surface area contributed by atoms with E-state index in [1.165, 1.54) is 13.3 Å². The Bertz CT molecular complexity index is 719. The summed E-state index contributed by atoms with van der Waals surface area (Å²) in [4.78, 5) is 11.3. The topological polar surface area (TPSA) is 80.0 Å². The summed E-state index contributed by atoms with van der Waals surface area (Å²) in [5.41, 5.74) is 3.83. The summed E-state index contributed by atoms with van der Waals surface area (Å²) in [7, 11) is 0. The smallest absolute Gasteiger partial charge is 0.235 e. The number of nitrogens with zero attached hydrogens (tertiary/aromatic N) is 2. The third kappa shape index (κ3) is 3.36. The molecule has 0 saturated heterocycles. The molecule has 0 aliphatic heterocycles. The van der Waals surface area contributed by atoms with Gasteiger partial charge < -0.3 is 15.1 Å². The Balaban J connectivity index is 1.70. The number of nitrogens with one attached hydrogen (secondary N) is 2. The number of aromatic nitrogens is 2. The summed E-state index contributed by atoms with van der Waals surface area (Å²) in [5.74, 6) is 1.72. The number of amides is 1. The van der Waals surface area contributed by atoms with Gasteiger partial charge in [0.1, 0.15) is 0 Å². The minimum Gasteiger partial charge on any atom is -0.423 e. The highest BCUT2D eigenvalue weighted by molar-refractivity contribution is 5.91. The third-order valence-corrected chi connectivity index (χ3v) is 4.34. The molecule has 122 valence electrons. The first-order chi connectivity index (χ1) is 11.0. The van der Waals surface area contributed by atoms with Gasteiger partial charge in [0.15, 0.2) is 0 Å². The summed E-state index contributed by atoms with van der Waals surface area (Å²) in [5, 5.41) is 14.4. The van der Waals surface area contributed by atoms with E-state index in [1.54, 1.807) is 0 Å². The molecule has 1 fully saturated rings. The van der Waals surface area contributed by atoms with Gasteiger partial charge in [0.25, 0.3) is 0 Å². The molecule has 1 heterocycles. The van der Waals surface area contributed by atoms with Crippen molar-refractivity contribution in [3.63, 3.8) is 0 Å². The van der Waals surface area contributed by atoms with Gasteiger partial charge in [-0.05, 0) is 43.9 Å². The van der Waals surface area contributed by atoms with Crippen LogP contribution in [0.15, 0.2) is 16.5 Å². The van der Waals surface area contributed by atoms with Crippen molar-refractivity contribution in [2.24, 2.45) is 0 Å². The molecule has 1 saturated carbocycles. The SMILES string of the molecule is CC(=O)Nc1c(C)ccc(NCc2nnc(C3CCC3)o2)c1C. The van der Waals surface area contributed by atoms with Gasteiger partial charge >= 0.3 is 0 Å². The van der Waals surface area contributed by atoms with E-state index in [9.17, 15) is 4.79 Å². The average Bonchev–Trinajstić information content (AvgIpc) is 2.89. The fraction of sp³-hybridized carbons (Fsp3) is 0.471. The fourth-order valence-electron chi connectivity index (χ4n) is 2.74. The van der Waals surface area contributed by atoms with Crippen molar-refractivity contribution in [3.8, 4) is 0 Å². The van der Waals surface area contributed by atoms with Crippen molar-refractivity contribution in [2.75, 3.05) is 10.6 Å². The van der Waals surface area contributed by atoms with Crippen LogP contribution in [0.1, 0.15) is 55.0 Å². The Morgan fingerprint density at radius 2 is 2.09 bits per heavy atom. The zero-order chi connectivity index (χ0) is 16.4. The molecule has 0 unspecified atom stereocenters. The average molecular weight is 314 g/mol. The standard InChI is InChI=1S/C17H22N4O2/c1-10-7-8-14(11(2)16(10)19-12(3)22)18-9-15-20-21-17(23-15)13-5-4-6-13/h7-8,13,18H,4-6,9H2,1-3H3,(H,19,22). The number of hydrogen-bond donors (Lipinski definition) is 2. The zero-order valence-electron chi connectivity index (χ0n) is 13.8. The summed E-state index contributed by atoms with van der Waals surface area (Å²) >= 11 is 0. The highest BCUT2D eigenvalue weighted by atomic mass is 16.4. The van der Waals surface area contributed by atoms with Gasteiger partial charge in [-0.3, -0.25) is 4.79 Å². The van der Waals surface area contributed by atoms with Crippen LogP contribution >= 0.6 is 0 Å². The Kier molecular flexibility index (Phi) is 4.32. The lowest BCUT2D eigenvalue weighted by molar-refractivity contribution is -0.114. The molecule has 1 aliphatic carbocycles. The normalized spacial score (nSPS) is 14.4. The molecule has 1 aromatic carbocycles. The summed E-state index contributed by atoms with van der Waals surface area (Å²) in [6.45, 7) is 5.95. The first-order valence-electron chi connectivity index (χ1n) is 7.98.